The summed E-state index contributed by atoms with van der Waals surface area (Å²) < 4.78 is 0. The van der Waals surface area contributed by atoms with E-state index in [-0.39, 0.29) is 11.9 Å². The Morgan fingerprint density at radius 1 is 1.28 bits per heavy atom. The molecule has 1 rings (SSSR count). The van der Waals surface area contributed by atoms with Crippen LogP contribution in [0.3, 0.4) is 0 Å². The largest absolute Gasteiger partial charge is 0.478 e. The molecule has 18 heavy (non-hydrogen) atoms. The number of carbonyl (C=O) groups is 1. The molecular weight excluding hydrogens is 234 g/mol. The van der Waals surface area contributed by atoms with Crippen LogP contribution in [0.1, 0.15) is 10.4 Å². The zero-order chi connectivity index (χ0) is 14.1. The highest BCUT2D eigenvalue weighted by Gasteiger charge is 1.96. The van der Waals surface area contributed by atoms with Crippen LogP contribution in [0.5, 0.6) is 0 Å². The fraction of sp³-hybridized carbons (Fsp3) is 0.182. The average molecular weight is 251 g/mol. The minimum Gasteiger partial charge on any atom is -0.478 e. The summed E-state index contributed by atoms with van der Waals surface area (Å²) in [5.41, 5.74) is 10.5. The lowest BCUT2D eigenvalue weighted by Crippen LogP contribution is -2.32. The first-order valence-corrected chi connectivity index (χ1v) is 4.98. The van der Waals surface area contributed by atoms with Crippen molar-refractivity contribution >= 4 is 17.9 Å². The number of benzene rings is 1. The SMILES string of the molecule is CN(C)C(N)=NC(=N)N.O=C(O)c1ccccc1. The summed E-state index contributed by atoms with van der Waals surface area (Å²) in [7, 11) is 3.45. The summed E-state index contributed by atoms with van der Waals surface area (Å²) in [5.74, 6) is -0.917. The van der Waals surface area contributed by atoms with Crippen LogP contribution in [0, 0.1) is 5.41 Å². The minimum absolute atomic E-state index is 0.238. The molecule has 0 aliphatic carbocycles. The van der Waals surface area contributed by atoms with E-state index >= 15 is 0 Å². The van der Waals surface area contributed by atoms with Crippen LogP contribution in [0.2, 0.25) is 0 Å². The molecule has 0 fully saturated rings. The van der Waals surface area contributed by atoms with Gasteiger partial charge in [0, 0.05) is 14.1 Å². The smallest absolute Gasteiger partial charge is 0.335 e. The van der Waals surface area contributed by atoms with Gasteiger partial charge in [-0.2, -0.15) is 4.99 Å². The van der Waals surface area contributed by atoms with Crippen molar-refractivity contribution in [3.05, 3.63) is 35.9 Å². The van der Waals surface area contributed by atoms with Gasteiger partial charge in [0.15, 0.2) is 5.96 Å². The van der Waals surface area contributed by atoms with Crippen LogP contribution >= 0.6 is 0 Å². The third kappa shape index (κ3) is 6.83. The standard InChI is InChI=1S/C7H6O2.C4H11N5/c8-7(9)6-4-2-1-3-5-6;1-9(2)4(7)8-3(5)6/h1-5H,(H,8,9);1-2H3,(H5,5,6,7,8). The number of carboxylic acids is 1. The number of rotatable bonds is 1. The van der Waals surface area contributed by atoms with Crippen molar-refractivity contribution in [2.45, 2.75) is 0 Å². The molecule has 1 aromatic rings. The van der Waals surface area contributed by atoms with Gasteiger partial charge < -0.3 is 21.5 Å². The van der Waals surface area contributed by atoms with Crippen LogP contribution in [-0.4, -0.2) is 42.0 Å². The Morgan fingerprint density at radius 2 is 1.78 bits per heavy atom. The van der Waals surface area contributed by atoms with Gasteiger partial charge >= 0.3 is 5.97 Å². The highest BCUT2D eigenvalue weighted by Crippen LogP contribution is 1.96. The number of aromatic carboxylic acids is 1. The summed E-state index contributed by atoms with van der Waals surface area (Å²) in [6, 6.07) is 8.30. The van der Waals surface area contributed by atoms with E-state index < -0.39 is 5.97 Å². The van der Waals surface area contributed by atoms with Crippen molar-refractivity contribution in [2.75, 3.05) is 14.1 Å². The Balaban J connectivity index is 0.000000321. The quantitative estimate of drug-likeness (QED) is 0.417. The first-order valence-electron chi connectivity index (χ1n) is 4.98. The molecule has 0 saturated heterocycles. The van der Waals surface area contributed by atoms with Crippen molar-refractivity contribution in [3.8, 4) is 0 Å². The normalized spacial score (nSPS) is 10.0. The van der Waals surface area contributed by atoms with E-state index in [0.29, 0.717) is 5.56 Å². The zero-order valence-electron chi connectivity index (χ0n) is 10.3. The van der Waals surface area contributed by atoms with E-state index in [1.165, 1.54) is 0 Å². The lowest BCUT2D eigenvalue weighted by atomic mass is 10.2. The first kappa shape index (κ1) is 15.4. The van der Waals surface area contributed by atoms with Crippen molar-refractivity contribution in [1.29, 1.82) is 5.41 Å². The molecule has 0 spiro atoms. The number of guanidine groups is 2. The Kier molecular flexibility index (Phi) is 6.57. The highest BCUT2D eigenvalue weighted by atomic mass is 16.4. The number of aliphatic imine (C=N–C) groups is 1. The van der Waals surface area contributed by atoms with E-state index in [0.717, 1.165) is 0 Å². The number of nitrogens with one attached hydrogen (secondary N) is 1. The maximum Gasteiger partial charge on any atom is 0.335 e. The molecule has 0 bridgehead atoms. The molecular formula is C11H17N5O2. The van der Waals surface area contributed by atoms with Crippen molar-refractivity contribution in [3.63, 3.8) is 0 Å². The summed E-state index contributed by atoms with van der Waals surface area (Å²) in [5, 5.41) is 15.1. The molecule has 0 radical (unpaired) electrons. The van der Waals surface area contributed by atoms with Gasteiger partial charge in [0.1, 0.15) is 0 Å². The Labute approximate surface area is 105 Å². The van der Waals surface area contributed by atoms with Crippen LogP contribution in [0.4, 0.5) is 0 Å². The average Bonchev–Trinajstić information content (AvgIpc) is 2.30. The van der Waals surface area contributed by atoms with Gasteiger partial charge in [-0.1, -0.05) is 18.2 Å². The van der Waals surface area contributed by atoms with Gasteiger partial charge in [0.2, 0.25) is 5.96 Å². The predicted molar refractivity (Wildman–Crippen MR) is 70.6 cm³/mol. The predicted octanol–water partition coefficient (Wildman–Crippen LogP) is 0.141. The van der Waals surface area contributed by atoms with E-state index in [1.54, 1.807) is 49.3 Å². The lowest BCUT2D eigenvalue weighted by Gasteiger charge is -2.08. The number of nitrogens with two attached hydrogens (primary N) is 2. The van der Waals surface area contributed by atoms with Crippen LogP contribution in [-0.2, 0) is 0 Å². The second-order valence-corrected chi connectivity index (χ2v) is 3.42. The van der Waals surface area contributed by atoms with Crippen molar-refractivity contribution in [1.82, 2.24) is 4.90 Å². The third-order valence-electron chi connectivity index (χ3n) is 1.71. The van der Waals surface area contributed by atoms with E-state index in [1.807, 2.05) is 0 Å². The molecule has 0 aromatic heterocycles. The van der Waals surface area contributed by atoms with E-state index in [9.17, 15) is 4.79 Å². The molecule has 6 N–H and O–H groups in total. The van der Waals surface area contributed by atoms with Crippen molar-refractivity contribution in [2.24, 2.45) is 16.5 Å². The molecule has 0 atom stereocenters. The van der Waals surface area contributed by atoms with E-state index in [2.05, 4.69) is 4.99 Å². The first-order chi connectivity index (χ1) is 8.34. The second-order valence-electron chi connectivity index (χ2n) is 3.42. The Hall–Kier alpha value is -2.57. The molecule has 7 nitrogen and oxygen atoms in total. The number of nitrogens with zero attached hydrogens (tertiary/aromatic N) is 2. The van der Waals surface area contributed by atoms with Crippen molar-refractivity contribution < 1.29 is 9.90 Å². The maximum atomic E-state index is 10.2. The molecule has 0 aliphatic rings. The van der Waals surface area contributed by atoms with Gasteiger partial charge in [-0.15, -0.1) is 0 Å². The Morgan fingerprint density at radius 3 is 2.00 bits per heavy atom. The highest BCUT2D eigenvalue weighted by molar-refractivity contribution is 5.91. The molecule has 0 amide bonds. The zero-order valence-corrected chi connectivity index (χ0v) is 10.3. The summed E-state index contributed by atoms with van der Waals surface area (Å²) in [4.78, 5) is 15.2. The number of hydrogen-bond donors (Lipinski definition) is 4. The third-order valence-corrected chi connectivity index (χ3v) is 1.71. The van der Waals surface area contributed by atoms with Gasteiger partial charge in [0.05, 0.1) is 5.56 Å². The lowest BCUT2D eigenvalue weighted by molar-refractivity contribution is 0.0697. The molecule has 98 valence electrons. The maximum absolute atomic E-state index is 10.2. The Bertz CT molecular complexity index is 428. The fourth-order valence-electron chi connectivity index (χ4n) is 0.804. The van der Waals surface area contributed by atoms with Gasteiger partial charge in [-0.3, -0.25) is 5.41 Å². The summed E-state index contributed by atoms with van der Waals surface area (Å²) >= 11 is 0. The van der Waals surface area contributed by atoms with Crippen LogP contribution in [0.15, 0.2) is 35.3 Å². The van der Waals surface area contributed by atoms with Gasteiger partial charge in [0.25, 0.3) is 0 Å². The number of hydrogen-bond acceptors (Lipinski definition) is 2. The molecule has 0 heterocycles. The molecule has 0 aliphatic heterocycles. The molecule has 7 heteroatoms. The van der Waals surface area contributed by atoms with Gasteiger partial charge in [-0.25, -0.2) is 4.79 Å². The van der Waals surface area contributed by atoms with Gasteiger partial charge in [-0.05, 0) is 12.1 Å². The molecule has 0 unspecified atom stereocenters. The number of carboxylic acid groups (broad SMARTS) is 1. The minimum atomic E-state index is -0.879. The topological polar surface area (TPSA) is 129 Å². The molecule has 1 aromatic carbocycles. The second kappa shape index (κ2) is 7.66. The van der Waals surface area contributed by atoms with E-state index in [4.69, 9.17) is 22.0 Å². The monoisotopic (exact) mass is 251 g/mol. The fourth-order valence-corrected chi connectivity index (χ4v) is 0.804. The molecule has 0 saturated carbocycles. The van der Waals surface area contributed by atoms with Crippen LogP contribution < -0.4 is 11.5 Å². The van der Waals surface area contributed by atoms with Crippen LogP contribution in [0.25, 0.3) is 0 Å². The summed E-state index contributed by atoms with van der Waals surface area (Å²) in [6.45, 7) is 0. The summed E-state index contributed by atoms with van der Waals surface area (Å²) in [6.07, 6.45) is 0.